The molecule has 0 radical (unpaired) electrons. The number of nitrogens with one attached hydrogen (secondary N) is 1. The van der Waals surface area contributed by atoms with Crippen molar-refractivity contribution in [1.29, 1.82) is 0 Å². The first-order chi connectivity index (χ1) is 9.18. The van der Waals surface area contributed by atoms with Crippen LogP contribution in [-0.4, -0.2) is 25.0 Å². The summed E-state index contributed by atoms with van der Waals surface area (Å²) in [5, 5.41) is 3.22. The maximum Gasteiger partial charge on any atom is 0.116 e. The molecule has 0 amide bonds. The highest BCUT2D eigenvalue weighted by Gasteiger charge is 1.97. The van der Waals surface area contributed by atoms with Gasteiger partial charge in [-0.1, -0.05) is 19.9 Å². The van der Waals surface area contributed by atoms with Gasteiger partial charge in [-0.3, -0.25) is 4.99 Å². The molecule has 1 fully saturated rings. The Morgan fingerprint density at radius 2 is 1.74 bits per heavy atom. The molecule has 0 saturated carbocycles. The zero-order chi connectivity index (χ0) is 15.1. The Kier molecular flexibility index (Phi) is 15.4. The Morgan fingerprint density at radius 3 is 2.16 bits per heavy atom. The van der Waals surface area contributed by atoms with Crippen LogP contribution < -0.4 is 11.1 Å². The van der Waals surface area contributed by atoms with Crippen molar-refractivity contribution in [3.05, 3.63) is 23.8 Å². The van der Waals surface area contributed by atoms with Crippen molar-refractivity contribution in [3.8, 4) is 12.8 Å². The summed E-state index contributed by atoms with van der Waals surface area (Å²) in [7, 11) is 0. The number of terminal acetylenes is 1. The second kappa shape index (κ2) is 14.7. The number of hydrogen-bond acceptors (Lipinski definition) is 3. The van der Waals surface area contributed by atoms with E-state index in [1.807, 2.05) is 45.9 Å². The third-order valence-electron chi connectivity index (χ3n) is 2.30. The van der Waals surface area contributed by atoms with E-state index < -0.39 is 0 Å². The van der Waals surface area contributed by atoms with E-state index in [4.69, 9.17) is 5.73 Å². The summed E-state index contributed by atoms with van der Waals surface area (Å²) < 4.78 is 0. The fraction of sp³-hybridized carbons (Fsp3) is 0.562. The van der Waals surface area contributed by atoms with Crippen molar-refractivity contribution in [2.75, 3.05) is 13.1 Å². The standard InChI is InChI=1S/C8H12N2.C4H9N.C2H6.C2H2/c1-6-3-4-8(9)10-7(2)5-6;1-2-4-5-3-1;2*1-2/h3-5,8H,9H2,1-2H3;5H,1-4H2;1-2H3;1-2H. The van der Waals surface area contributed by atoms with Crippen molar-refractivity contribution >= 4 is 5.71 Å². The van der Waals surface area contributed by atoms with Crippen LogP contribution in [0.4, 0.5) is 0 Å². The van der Waals surface area contributed by atoms with Crippen LogP contribution in [0.1, 0.15) is 40.5 Å². The van der Waals surface area contributed by atoms with Crippen molar-refractivity contribution in [2.45, 2.75) is 46.7 Å². The van der Waals surface area contributed by atoms with Gasteiger partial charge in [-0.05, 0) is 57.5 Å². The van der Waals surface area contributed by atoms with E-state index in [0.717, 1.165) is 5.71 Å². The third-order valence-corrected chi connectivity index (χ3v) is 2.30. The summed E-state index contributed by atoms with van der Waals surface area (Å²) in [6, 6.07) is 0. The molecule has 1 unspecified atom stereocenters. The lowest BCUT2D eigenvalue weighted by Crippen LogP contribution is -2.13. The van der Waals surface area contributed by atoms with Crippen LogP contribution in [0.3, 0.4) is 0 Å². The molecule has 108 valence electrons. The summed E-state index contributed by atoms with van der Waals surface area (Å²) >= 11 is 0. The molecule has 2 rings (SSSR count). The van der Waals surface area contributed by atoms with E-state index in [1.165, 1.54) is 31.5 Å². The molecule has 0 aliphatic carbocycles. The maximum absolute atomic E-state index is 5.58. The van der Waals surface area contributed by atoms with Crippen LogP contribution in [0.5, 0.6) is 0 Å². The number of hydrogen-bond donors (Lipinski definition) is 2. The molecule has 3 nitrogen and oxygen atoms in total. The number of rotatable bonds is 0. The van der Waals surface area contributed by atoms with Crippen molar-refractivity contribution in [3.63, 3.8) is 0 Å². The minimum atomic E-state index is -0.159. The highest BCUT2D eigenvalue weighted by Crippen LogP contribution is 2.02. The van der Waals surface area contributed by atoms with E-state index in [-0.39, 0.29) is 6.17 Å². The summed E-state index contributed by atoms with van der Waals surface area (Å²) in [5.74, 6) is 0. The van der Waals surface area contributed by atoms with Crippen LogP contribution in [0.25, 0.3) is 0 Å². The van der Waals surface area contributed by atoms with E-state index in [1.54, 1.807) is 0 Å². The van der Waals surface area contributed by atoms with E-state index in [2.05, 4.69) is 23.2 Å². The molecule has 0 bridgehead atoms. The number of nitrogens with two attached hydrogens (primary N) is 1. The van der Waals surface area contributed by atoms with Crippen LogP contribution in [0, 0.1) is 12.8 Å². The Balaban J connectivity index is 0. The number of nitrogens with zero attached hydrogens (tertiary/aromatic N) is 1. The SMILES string of the molecule is C#C.C1CCNC1.CC.CC1=CC(C)=NC(N)C=C1. The van der Waals surface area contributed by atoms with Crippen LogP contribution >= 0.6 is 0 Å². The zero-order valence-electron chi connectivity index (χ0n) is 12.8. The third kappa shape index (κ3) is 12.9. The van der Waals surface area contributed by atoms with Gasteiger partial charge in [0.05, 0.1) is 0 Å². The minimum absolute atomic E-state index is 0.159. The molecule has 0 aromatic carbocycles. The molecular weight excluding hydrogens is 234 g/mol. The van der Waals surface area contributed by atoms with Gasteiger partial charge >= 0.3 is 0 Å². The molecule has 0 aromatic rings. The first-order valence-electron chi connectivity index (χ1n) is 6.89. The molecular formula is C16H29N3. The maximum atomic E-state index is 5.58. The van der Waals surface area contributed by atoms with E-state index >= 15 is 0 Å². The lowest BCUT2D eigenvalue weighted by molar-refractivity contribution is 0.857. The predicted molar refractivity (Wildman–Crippen MR) is 87.3 cm³/mol. The van der Waals surface area contributed by atoms with Gasteiger partial charge in [-0.15, -0.1) is 12.8 Å². The molecule has 1 saturated heterocycles. The largest absolute Gasteiger partial charge is 0.317 e. The molecule has 2 heterocycles. The first kappa shape index (κ1) is 20.0. The fourth-order valence-corrected chi connectivity index (χ4v) is 1.57. The topological polar surface area (TPSA) is 50.4 Å². The second-order valence-corrected chi connectivity index (χ2v) is 3.97. The molecule has 3 N–H and O–H groups in total. The Bertz CT molecular complexity index is 300. The van der Waals surface area contributed by atoms with Gasteiger partial charge in [0.2, 0.25) is 0 Å². The van der Waals surface area contributed by atoms with Crippen LogP contribution in [-0.2, 0) is 0 Å². The van der Waals surface area contributed by atoms with Gasteiger partial charge in [-0.2, -0.15) is 0 Å². The van der Waals surface area contributed by atoms with Gasteiger partial charge in [0.15, 0.2) is 0 Å². The number of allylic oxidation sites excluding steroid dienone is 3. The quantitative estimate of drug-likeness (QED) is 0.660. The first-order valence-corrected chi connectivity index (χ1v) is 6.89. The van der Waals surface area contributed by atoms with Gasteiger partial charge < -0.3 is 11.1 Å². The molecule has 2 aliphatic rings. The highest BCUT2D eigenvalue weighted by atomic mass is 14.9. The van der Waals surface area contributed by atoms with E-state index in [9.17, 15) is 0 Å². The van der Waals surface area contributed by atoms with Crippen molar-refractivity contribution < 1.29 is 0 Å². The van der Waals surface area contributed by atoms with Crippen LogP contribution in [0.15, 0.2) is 28.8 Å². The fourth-order valence-electron chi connectivity index (χ4n) is 1.57. The lowest BCUT2D eigenvalue weighted by atomic mass is 10.2. The summed E-state index contributed by atoms with van der Waals surface area (Å²) in [6.45, 7) is 10.5. The summed E-state index contributed by atoms with van der Waals surface area (Å²) in [6.07, 6.45) is 16.5. The van der Waals surface area contributed by atoms with Gasteiger partial charge in [0, 0.05) is 5.71 Å². The minimum Gasteiger partial charge on any atom is -0.317 e. The Hall–Kier alpha value is -1.37. The summed E-state index contributed by atoms with van der Waals surface area (Å²) in [4.78, 5) is 4.16. The molecule has 2 aliphatic heterocycles. The van der Waals surface area contributed by atoms with Crippen LogP contribution in [0.2, 0.25) is 0 Å². The predicted octanol–water partition coefficient (Wildman–Crippen LogP) is 2.89. The molecule has 0 aromatic heterocycles. The average molecular weight is 263 g/mol. The monoisotopic (exact) mass is 263 g/mol. The summed E-state index contributed by atoms with van der Waals surface area (Å²) in [5.41, 5.74) is 7.78. The lowest BCUT2D eigenvalue weighted by Gasteiger charge is -1.96. The van der Waals surface area contributed by atoms with E-state index in [0.29, 0.717) is 0 Å². The molecule has 19 heavy (non-hydrogen) atoms. The second-order valence-electron chi connectivity index (χ2n) is 3.97. The smallest absolute Gasteiger partial charge is 0.116 e. The molecule has 3 heteroatoms. The van der Waals surface area contributed by atoms with Crippen molar-refractivity contribution in [1.82, 2.24) is 5.32 Å². The molecule has 1 atom stereocenters. The molecule has 0 spiro atoms. The van der Waals surface area contributed by atoms with Gasteiger partial charge in [0.25, 0.3) is 0 Å². The Labute approximate surface area is 119 Å². The van der Waals surface area contributed by atoms with Crippen molar-refractivity contribution in [2.24, 2.45) is 10.7 Å². The average Bonchev–Trinajstić information content (AvgIpc) is 2.96. The van der Waals surface area contributed by atoms with Gasteiger partial charge in [-0.25, -0.2) is 0 Å². The van der Waals surface area contributed by atoms with Gasteiger partial charge in [0.1, 0.15) is 6.17 Å². The number of aliphatic imine (C=N–C) groups is 1. The highest BCUT2D eigenvalue weighted by molar-refractivity contribution is 5.94. The Morgan fingerprint density at radius 1 is 1.21 bits per heavy atom. The zero-order valence-corrected chi connectivity index (χ0v) is 12.8. The normalized spacial score (nSPS) is 20.1.